The molecule has 0 N–H and O–H groups in total. The summed E-state index contributed by atoms with van der Waals surface area (Å²) in [7, 11) is 0. The van der Waals surface area contributed by atoms with Gasteiger partial charge in [0.25, 0.3) is 0 Å². The third-order valence-corrected chi connectivity index (χ3v) is 8.07. The van der Waals surface area contributed by atoms with Crippen molar-refractivity contribution in [1.29, 1.82) is 5.26 Å². The van der Waals surface area contributed by atoms with E-state index in [-0.39, 0.29) is 0 Å². The average Bonchev–Trinajstić information content (AvgIpc) is 3.42. The van der Waals surface area contributed by atoms with Crippen molar-refractivity contribution >= 4 is 37.2 Å². The SMILES string of the molecule is [C-]#[N+]c1ccnc(-c2ccc(-c3ccc4c(c3)sc3cc(-c5ccc(-c6cc(C#N)ccn6)nc5)ccc34)cn2)c1. The Balaban J connectivity index is 1.18. The Hall–Kier alpha value is -5.76. The maximum atomic E-state index is 9.17. The molecule has 0 saturated heterocycles. The van der Waals surface area contributed by atoms with Crippen LogP contribution in [0.15, 0.2) is 110 Å². The van der Waals surface area contributed by atoms with Crippen LogP contribution >= 0.6 is 11.3 Å². The van der Waals surface area contributed by atoms with Crippen LogP contribution in [0.2, 0.25) is 0 Å². The van der Waals surface area contributed by atoms with Gasteiger partial charge < -0.3 is 0 Å². The molecule has 0 radical (unpaired) electrons. The summed E-state index contributed by atoms with van der Waals surface area (Å²) in [5.41, 5.74) is 8.20. The molecule has 0 amide bonds. The van der Waals surface area contributed by atoms with Crippen LogP contribution in [-0.2, 0) is 0 Å². The van der Waals surface area contributed by atoms with Gasteiger partial charge in [-0.2, -0.15) is 5.26 Å². The van der Waals surface area contributed by atoms with Gasteiger partial charge in [0.2, 0.25) is 0 Å². The highest BCUT2D eigenvalue weighted by Gasteiger charge is 2.11. The smallest absolute Gasteiger partial charge is 0.190 e. The van der Waals surface area contributed by atoms with E-state index >= 15 is 0 Å². The first-order chi connectivity index (χ1) is 20.2. The van der Waals surface area contributed by atoms with Crippen LogP contribution in [0, 0.1) is 17.9 Å². The van der Waals surface area contributed by atoms with E-state index in [1.54, 1.807) is 48.0 Å². The summed E-state index contributed by atoms with van der Waals surface area (Å²) in [4.78, 5) is 21.4. The zero-order chi connectivity index (χ0) is 27.8. The van der Waals surface area contributed by atoms with Crippen molar-refractivity contribution in [3.05, 3.63) is 127 Å². The lowest BCUT2D eigenvalue weighted by Crippen LogP contribution is -1.89. The van der Waals surface area contributed by atoms with Gasteiger partial charge in [0.1, 0.15) is 0 Å². The molecule has 0 aliphatic rings. The summed E-state index contributed by atoms with van der Waals surface area (Å²) in [5.74, 6) is 0. The number of nitriles is 1. The Bertz CT molecular complexity index is 2010. The van der Waals surface area contributed by atoms with Crippen molar-refractivity contribution in [2.24, 2.45) is 0 Å². The van der Waals surface area contributed by atoms with Crippen LogP contribution in [0.25, 0.3) is 70.0 Å². The van der Waals surface area contributed by atoms with Gasteiger partial charge in [-0.05, 0) is 59.7 Å². The van der Waals surface area contributed by atoms with Gasteiger partial charge >= 0.3 is 0 Å². The predicted molar refractivity (Wildman–Crippen MR) is 163 cm³/mol. The number of benzene rings is 2. The largest absolute Gasteiger partial charge is 0.257 e. The summed E-state index contributed by atoms with van der Waals surface area (Å²) < 4.78 is 2.42. The number of hydrogen-bond donors (Lipinski definition) is 0. The summed E-state index contributed by atoms with van der Waals surface area (Å²) in [5, 5.41) is 11.6. The van der Waals surface area contributed by atoms with Crippen LogP contribution in [-0.4, -0.2) is 19.9 Å². The Labute approximate surface area is 239 Å². The second kappa shape index (κ2) is 10.1. The maximum Gasteiger partial charge on any atom is 0.190 e. The molecule has 0 bridgehead atoms. The van der Waals surface area contributed by atoms with Crippen molar-refractivity contribution < 1.29 is 0 Å². The third-order valence-electron chi connectivity index (χ3n) is 6.95. The van der Waals surface area contributed by atoms with Gasteiger partial charge in [-0.3, -0.25) is 19.9 Å². The molecule has 0 aliphatic heterocycles. The van der Waals surface area contributed by atoms with E-state index in [0.29, 0.717) is 22.6 Å². The van der Waals surface area contributed by atoms with Crippen LogP contribution in [0.5, 0.6) is 0 Å². The van der Waals surface area contributed by atoms with Crippen molar-refractivity contribution in [3.63, 3.8) is 0 Å². The van der Waals surface area contributed by atoms with E-state index in [0.717, 1.165) is 33.6 Å². The number of pyridine rings is 4. The molecule has 7 heteroatoms. The summed E-state index contributed by atoms with van der Waals surface area (Å²) in [6.07, 6.45) is 6.98. The molecule has 7 rings (SSSR count). The van der Waals surface area contributed by atoms with Gasteiger partial charge in [-0.15, -0.1) is 11.3 Å². The molecular formula is C34H18N6S. The van der Waals surface area contributed by atoms with Crippen molar-refractivity contribution in [1.82, 2.24) is 19.9 Å². The zero-order valence-electron chi connectivity index (χ0n) is 21.5. The van der Waals surface area contributed by atoms with Gasteiger partial charge in [-0.25, -0.2) is 4.85 Å². The fraction of sp³-hybridized carbons (Fsp3) is 0. The molecule has 0 fully saturated rings. The topological polar surface area (TPSA) is 79.7 Å². The number of nitrogens with zero attached hydrogens (tertiary/aromatic N) is 6. The number of aromatic nitrogens is 4. The maximum absolute atomic E-state index is 9.17. The Morgan fingerprint density at radius 1 is 0.585 bits per heavy atom. The van der Waals surface area contributed by atoms with E-state index in [9.17, 15) is 0 Å². The van der Waals surface area contributed by atoms with E-state index < -0.39 is 0 Å². The number of rotatable bonds is 4. The van der Waals surface area contributed by atoms with E-state index in [1.165, 1.54) is 20.2 Å². The lowest BCUT2D eigenvalue weighted by Gasteiger charge is -2.05. The van der Waals surface area contributed by atoms with E-state index in [4.69, 9.17) is 11.8 Å². The van der Waals surface area contributed by atoms with E-state index in [2.05, 4.69) is 67.2 Å². The average molecular weight is 543 g/mol. The van der Waals surface area contributed by atoms with Gasteiger partial charge in [0, 0.05) is 56.1 Å². The van der Waals surface area contributed by atoms with Crippen molar-refractivity contribution in [2.75, 3.05) is 0 Å². The Morgan fingerprint density at radius 2 is 1.15 bits per heavy atom. The van der Waals surface area contributed by atoms with Crippen LogP contribution in [0.4, 0.5) is 5.69 Å². The molecule has 0 aliphatic carbocycles. The molecule has 5 heterocycles. The summed E-state index contributed by atoms with van der Waals surface area (Å²) in [6.45, 7) is 7.22. The van der Waals surface area contributed by atoms with Crippen LogP contribution in [0.1, 0.15) is 5.56 Å². The first kappa shape index (κ1) is 24.3. The van der Waals surface area contributed by atoms with Crippen molar-refractivity contribution in [2.45, 2.75) is 0 Å². The minimum Gasteiger partial charge on any atom is -0.257 e. The fourth-order valence-corrected chi connectivity index (χ4v) is 6.02. The Kier molecular flexibility index (Phi) is 5.98. The molecule has 5 aromatic heterocycles. The molecule has 0 saturated carbocycles. The number of thiophene rings is 1. The lowest BCUT2D eigenvalue weighted by atomic mass is 10.0. The molecule has 190 valence electrons. The second-order valence-electron chi connectivity index (χ2n) is 9.44. The quantitative estimate of drug-likeness (QED) is 0.208. The van der Waals surface area contributed by atoms with Gasteiger partial charge in [0.05, 0.1) is 41.0 Å². The highest BCUT2D eigenvalue weighted by atomic mass is 32.1. The van der Waals surface area contributed by atoms with Crippen LogP contribution < -0.4 is 0 Å². The van der Waals surface area contributed by atoms with E-state index in [1.807, 2.05) is 36.7 Å². The Morgan fingerprint density at radius 3 is 1.68 bits per heavy atom. The molecular weight excluding hydrogens is 524 g/mol. The molecule has 0 unspecified atom stereocenters. The number of fused-ring (bicyclic) bond motifs is 3. The van der Waals surface area contributed by atoms with Crippen molar-refractivity contribution in [3.8, 4) is 51.1 Å². The molecule has 2 aromatic carbocycles. The molecule has 6 nitrogen and oxygen atoms in total. The lowest BCUT2D eigenvalue weighted by molar-refractivity contribution is 1.24. The highest BCUT2D eigenvalue weighted by molar-refractivity contribution is 7.25. The first-order valence-corrected chi connectivity index (χ1v) is 13.6. The first-order valence-electron chi connectivity index (χ1n) is 12.8. The molecule has 0 atom stereocenters. The van der Waals surface area contributed by atoms with Gasteiger partial charge in [-0.1, -0.05) is 36.4 Å². The predicted octanol–water partition coefficient (Wildman–Crippen LogP) is 8.72. The summed E-state index contributed by atoms with van der Waals surface area (Å²) in [6, 6.07) is 30.0. The van der Waals surface area contributed by atoms with Gasteiger partial charge in [0.15, 0.2) is 5.69 Å². The molecule has 7 aromatic rings. The minimum atomic E-state index is 0.548. The monoisotopic (exact) mass is 542 g/mol. The molecule has 41 heavy (non-hydrogen) atoms. The summed E-state index contributed by atoms with van der Waals surface area (Å²) >= 11 is 1.77. The fourth-order valence-electron chi connectivity index (χ4n) is 4.84. The molecule has 0 spiro atoms. The standard InChI is InChI=1S/C34H18N6S/c1-36-26-11-13-38-32(17-26)30-9-5-25(20-40-30)23-3-7-28-27-6-2-22(15-33(27)41-34(28)16-23)24-4-8-29(39-19-24)31-14-21(18-35)10-12-37-31/h2-17,19-20H. The third kappa shape index (κ3) is 4.57. The zero-order valence-corrected chi connectivity index (χ0v) is 22.3. The number of hydrogen-bond acceptors (Lipinski definition) is 6. The second-order valence-corrected chi connectivity index (χ2v) is 10.5. The minimum absolute atomic E-state index is 0.548. The van der Waals surface area contributed by atoms with Crippen LogP contribution in [0.3, 0.4) is 0 Å². The highest BCUT2D eigenvalue weighted by Crippen LogP contribution is 2.38. The normalized spacial score (nSPS) is 10.9.